The highest BCUT2D eigenvalue weighted by Crippen LogP contribution is 2.43. The summed E-state index contributed by atoms with van der Waals surface area (Å²) in [5.41, 5.74) is 4.99. The number of rotatable bonds is 11. The Morgan fingerprint density at radius 3 is 2.50 bits per heavy atom. The van der Waals surface area contributed by atoms with E-state index < -0.39 is 5.97 Å². The van der Waals surface area contributed by atoms with E-state index in [1.54, 1.807) is 14.2 Å². The number of nitrogens with zero attached hydrogens (tertiary/aromatic N) is 2. The third kappa shape index (κ3) is 7.18. The fourth-order valence-corrected chi connectivity index (χ4v) is 5.31. The number of carbonyl (C=O) groups is 2. The Bertz CT molecular complexity index is 1380. The molecule has 0 atom stereocenters. The van der Waals surface area contributed by atoms with Crippen LogP contribution in [0.1, 0.15) is 46.8 Å². The molecule has 0 N–H and O–H groups in total. The highest BCUT2D eigenvalue weighted by atomic mass is 16.5. The molecule has 0 amide bonds. The SMILES string of the molecule is COC(=O)CC/C(C)=C/Cc1c(OC)c(C)c2c(c1OCC#CCN1CCN(c3ccccc3OC)CC1)C(=O)OC2. The van der Waals surface area contributed by atoms with Crippen LogP contribution in [0.5, 0.6) is 17.2 Å². The van der Waals surface area contributed by atoms with Gasteiger partial charge in [0, 0.05) is 43.7 Å². The molecule has 2 aliphatic heterocycles. The smallest absolute Gasteiger partial charge is 0.342 e. The summed E-state index contributed by atoms with van der Waals surface area (Å²) in [6.07, 6.45) is 3.38. The molecule has 0 bridgehead atoms. The van der Waals surface area contributed by atoms with Gasteiger partial charge in [0.15, 0.2) is 0 Å². The minimum Gasteiger partial charge on any atom is -0.496 e. The van der Waals surface area contributed by atoms with Crippen molar-refractivity contribution < 1.29 is 33.3 Å². The predicted molar refractivity (Wildman–Crippen MR) is 160 cm³/mol. The van der Waals surface area contributed by atoms with Gasteiger partial charge in [-0.1, -0.05) is 35.6 Å². The average Bonchev–Trinajstić information content (AvgIpc) is 3.41. The molecule has 1 saturated heterocycles. The topological polar surface area (TPSA) is 86.8 Å². The molecule has 1 fully saturated rings. The minimum absolute atomic E-state index is 0.130. The van der Waals surface area contributed by atoms with Crippen molar-refractivity contribution in [3.63, 3.8) is 0 Å². The van der Waals surface area contributed by atoms with Crippen molar-refractivity contribution in [3.05, 3.63) is 58.2 Å². The van der Waals surface area contributed by atoms with E-state index in [1.807, 2.05) is 38.1 Å². The van der Waals surface area contributed by atoms with Crippen LogP contribution < -0.4 is 19.1 Å². The van der Waals surface area contributed by atoms with E-state index in [0.29, 0.717) is 42.9 Å². The van der Waals surface area contributed by atoms with Gasteiger partial charge in [0.05, 0.1) is 33.6 Å². The summed E-state index contributed by atoms with van der Waals surface area (Å²) in [7, 11) is 4.70. The van der Waals surface area contributed by atoms with Crippen molar-refractivity contribution in [1.82, 2.24) is 4.90 Å². The van der Waals surface area contributed by atoms with Gasteiger partial charge >= 0.3 is 11.9 Å². The van der Waals surface area contributed by atoms with Crippen LogP contribution in [0, 0.1) is 18.8 Å². The second-order valence-electron chi connectivity index (χ2n) is 10.3. The number of benzene rings is 2. The fourth-order valence-electron chi connectivity index (χ4n) is 5.31. The Kier molecular flexibility index (Phi) is 10.7. The van der Waals surface area contributed by atoms with Gasteiger partial charge in [-0.05, 0) is 44.4 Å². The summed E-state index contributed by atoms with van der Waals surface area (Å²) >= 11 is 0. The molecule has 0 aromatic heterocycles. The largest absolute Gasteiger partial charge is 0.496 e. The molecule has 0 aliphatic carbocycles. The molecule has 2 aromatic rings. The van der Waals surface area contributed by atoms with Gasteiger partial charge in [0.2, 0.25) is 0 Å². The van der Waals surface area contributed by atoms with Crippen LogP contribution in [0.3, 0.4) is 0 Å². The van der Waals surface area contributed by atoms with E-state index in [9.17, 15) is 9.59 Å². The molecule has 9 nitrogen and oxygen atoms in total. The number of piperazine rings is 1. The van der Waals surface area contributed by atoms with Crippen LogP contribution >= 0.6 is 0 Å². The third-order valence-electron chi connectivity index (χ3n) is 7.75. The van der Waals surface area contributed by atoms with Crippen molar-refractivity contribution in [1.29, 1.82) is 0 Å². The number of cyclic esters (lactones) is 1. The Morgan fingerprint density at radius 2 is 1.79 bits per heavy atom. The first kappa shape index (κ1) is 30.8. The Balaban J connectivity index is 1.42. The van der Waals surface area contributed by atoms with E-state index in [2.05, 4.69) is 27.7 Å². The zero-order valence-electron chi connectivity index (χ0n) is 25.2. The molecule has 9 heteroatoms. The third-order valence-corrected chi connectivity index (χ3v) is 7.75. The Morgan fingerprint density at radius 1 is 1.02 bits per heavy atom. The fraction of sp³-hybridized carbons (Fsp3) is 0.455. The summed E-state index contributed by atoms with van der Waals surface area (Å²) < 4.78 is 27.6. The number of hydrogen-bond acceptors (Lipinski definition) is 9. The molecule has 0 radical (unpaired) electrons. The average molecular weight is 577 g/mol. The van der Waals surface area contributed by atoms with Crippen molar-refractivity contribution in [3.8, 4) is 29.1 Å². The van der Waals surface area contributed by atoms with Gasteiger partial charge in [-0.3, -0.25) is 9.69 Å². The molecule has 0 unspecified atom stereocenters. The normalized spacial score (nSPS) is 14.9. The van der Waals surface area contributed by atoms with Crippen molar-refractivity contribution in [2.75, 3.05) is 65.6 Å². The molecule has 2 aromatic carbocycles. The molecule has 42 heavy (non-hydrogen) atoms. The maximum absolute atomic E-state index is 12.7. The van der Waals surface area contributed by atoms with E-state index in [1.165, 1.54) is 7.11 Å². The molecule has 2 heterocycles. The number of anilines is 1. The van der Waals surface area contributed by atoms with Crippen LogP contribution in [-0.2, 0) is 27.3 Å². The monoisotopic (exact) mass is 576 g/mol. The van der Waals surface area contributed by atoms with E-state index in [-0.39, 0.29) is 19.2 Å². The van der Waals surface area contributed by atoms with Crippen LogP contribution in [0.4, 0.5) is 5.69 Å². The lowest BCUT2D eigenvalue weighted by Crippen LogP contribution is -2.46. The Hall–Kier alpha value is -4.16. The molecule has 0 spiro atoms. The first-order valence-corrected chi connectivity index (χ1v) is 14.2. The highest BCUT2D eigenvalue weighted by molar-refractivity contribution is 5.98. The van der Waals surface area contributed by atoms with Gasteiger partial charge in [0.25, 0.3) is 0 Å². The summed E-state index contributed by atoms with van der Waals surface area (Å²) in [5, 5.41) is 0. The van der Waals surface area contributed by atoms with Crippen LogP contribution in [-0.4, -0.2) is 77.5 Å². The molecule has 2 aliphatic rings. The summed E-state index contributed by atoms with van der Waals surface area (Å²) in [5.74, 6) is 7.70. The van der Waals surface area contributed by atoms with Crippen LogP contribution in [0.2, 0.25) is 0 Å². The van der Waals surface area contributed by atoms with Crippen molar-refractivity contribution in [2.24, 2.45) is 0 Å². The number of allylic oxidation sites excluding steroid dienone is 2. The number of para-hydroxylation sites is 2. The van der Waals surface area contributed by atoms with Gasteiger partial charge in [-0.25, -0.2) is 4.79 Å². The number of hydrogen-bond donors (Lipinski definition) is 0. The lowest BCUT2D eigenvalue weighted by molar-refractivity contribution is -0.140. The maximum atomic E-state index is 12.7. The first-order chi connectivity index (χ1) is 20.4. The maximum Gasteiger partial charge on any atom is 0.342 e. The van der Waals surface area contributed by atoms with E-state index >= 15 is 0 Å². The first-order valence-electron chi connectivity index (χ1n) is 14.2. The number of fused-ring (bicyclic) bond motifs is 1. The summed E-state index contributed by atoms with van der Waals surface area (Å²) in [4.78, 5) is 29.0. The van der Waals surface area contributed by atoms with Gasteiger partial charge in [-0.2, -0.15) is 0 Å². The standard InChI is InChI=1S/C33H40N2O7/c1-23(13-15-29(36)39-4)12-14-25-31(40-5)24(2)26-22-42-33(37)30(26)32(25)41-21-9-8-16-34-17-19-35(20-18-34)27-10-6-7-11-28(27)38-3/h6-7,10-12H,13-22H2,1-5H3/b23-12+. The molecule has 0 saturated carbocycles. The van der Waals surface area contributed by atoms with E-state index in [0.717, 1.165) is 59.9 Å². The summed E-state index contributed by atoms with van der Waals surface area (Å²) in [6, 6.07) is 8.09. The predicted octanol–water partition coefficient (Wildman–Crippen LogP) is 4.33. The molecular formula is C33H40N2O7. The number of methoxy groups -OCH3 is 3. The van der Waals surface area contributed by atoms with Crippen LogP contribution in [0.25, 0.3) is 0 Å². The van der Waals surface area contributed by atoms with E-state index in [4.69, 9.17) is 23.7 Å². The molecule has 4 rings (SSSR count). The lowest BCUT2D eigenvalue weighted by atomic mass is 9.94. The van der Waals surface area contributed by atoms with Crippen LogP contribution in [0.15, 0.2) is 35.9 Å². The molecular weight excluding hydrogens is 536 g/mol. The second kappa shape index (κ2) is 14.6. The minimum atomic E-state index is -0.403. The second-order valence-corrected chi connectivity index (χ2v) is 10.3. The number of carbonyl (C=O) groups excluding carboxylic acids is 2. The summed E-state index contributed by atoms with van der Waals surface area (Å²) in [6.45, 7) is 8.42. The van der Waals surface area contributed by atoms with Gasteiger partial charge in [-0.15, -0.1) is 0 Å². The number of ether oxygens (including phenoxy) is 5. The zero-order chi connectivity index (χ0) is 30.1. The lowest BCUT2D eigenvalue weighted by Gasteiger charge is -2.35. The highest BCUT2D eigenvalue weighted by Gasteiger charge is 2.33. The van der Waals surface area contributed by atoms with Crippen molar-refractivity contribution in [2.45, 2.75) is 39.7 Å². The quantitative estimate of drug-likeness (QED) is 0.220. The molecule has 224 valence electrons. The van der Waals surface area contributed by atoms with Crippen molar-refractivity contribution >= 4 is 17.6 Å². The zero-order valence-corrected chi connectivity index (χ0v) is 25.2. The van der Waals surface area contributed by atoms with Gasteiger partial charge < -0.3 is 28.6 Å². The number of esters is 2. The van der Waals surface area contributed by atoms with Gasteiger partial charge in [0.1, 0.15) is 36.0 Å². The Labute approximate surface area is 248 Å².